The standard InChI is InChI=1S/C27H26N2O3/c1-16-9-14-23(18(3)15-16)29-26(30)24(20-10-12-21(32-5)13-11-20)25(27(29)31)28-22-8-6-7-17(2)19(22)4/h6-15,28H,1-5H3. The van der Waals surface area contributed by atoms with Gasteiger partial charge in [-0.15, -0.1) is 0 Å². The number of benzene rings is 3. The first-order valence-electron chi connectivity index (χ1n) is 10.5. The molecule has 0 saturated heterocycles. The summed E-state index contributed by atoms with van der Waals surface area (Å²) in [5.74, 6) is -0.0324. The average molecular weight is 427 g/mol. The van der Waals surface area contributed by atoms with Gasteiger partial charge >= 0.3 is 0 Å². The highest BCUT2D eigenvalue weighted by molar-refractivity contribution is 6.46. The number of hydrogen-bond acceptors (Lipinski definition) is 4. The first kappa shape index (κ1) is 21.4. The highest BCUT2D eigenvalue weighted by atomic mass is 16.5. The highest BCUT2D eigenvalue weighted by Crippen LogP contribution is 2.36. The van der Waals surface area contributed by atoms with E-state index < -0.39 is 0 Å². The van der Waals surface area contributed by atoms with Crippen LogP contribution in [0.5, 0.6) is 5.75 Å². The van der Waals surface area contributed by atoms with Crippen LogP contribution in [0, 0.1) is 27.7 Å². The lowest BCUT2D eigenvalue weighted by Gasteiger charge is -2.18. The van der Waals surface area contributed by atoms with Gasteiger partial charge in [0.2, 0.25) is 0 Å². The zero-order valence-electron chi connectivity index (χ0n) is 18.9. The Morgan fingerprint density at radius 1 is 0.812 bits per heavy atom. The fourth-order valence-electron chi connectivity index (χ4n) is 3.97. The molecule has 0 atom stereocenters. The van der Waals surface area contributed by atoms with Crippen molar-refractivity contribution in [3.63, 3.8) is 0 Å². The molecule has 0 unspecified atom stereocenters. The monoisotopic (exact) mass is 426 g/mol. The van der Waals surface area contributed by atoms with Gasteiger partial charge in [-0.2, -0.15) is 0 Å². The Hall–Kier alpha value is -3.86. The van der Waals surface area contributed by atoms with Crippen molar-refractivity contribution in [1.29, 1.82) is 0 Å². The molecule has 0 bridgehead atoms. The third-order valence-corrected chi connectivity index (χ3v) is 5.92. The second kappa shape index (κ2) is 8.35. The number of nitrogens with zero attached hydrogens (tertiary/aromatic N) is 1. The van der Waals surface area contributed by atoms with Crippen molar-refractivity contribution >= 4 is 28.8 Å². The van der Waals surface area contributed by atoms with Gasteiger partial charge in [0, 0.05) is 5.69 Å². The third-order valence-electron chi connectivity index (χ3n) is 5.92. The first-order valence-corrected chi connectivity index (χ1v) is 10.5. The van der Waals surface area contributed by atoms with Crippen molar-refractivity contribution in [1.82, 2.24) is 0 Å². The molecule has 1 aliphatic heterocycles. The zero-order valence-corrected chi connectivity index (χ0v) is 18.9. The van der Waals surface area contributed by atoms with Crippen LogP contribution in [0.2, 0.25) is 0 Å². The van der Waals surface area contributed by atoms with E-state index in [2.05, 4.69) is 5.32 Å². The molecular formula is C27H26N2O3. The number of ether oxygens (including phenoxy) is 1. The first-order chi connectivity index (χ1) is 15.3. The molecule has 5 heteroatoms. The molecule has 162 valence electrons. The number of carbonyl (C=O) groups excluding carboxylic acids is 2. The fraction of sp³-hybridized carbons (Fsp3) is 0.185. The molecule has 1 aliphatic rings. The van der Waals surface area contributed by atoms with Crippen molar-refractivity contribution in [2.45, 2.75) is 27.7 Å². The minimum absolute atomic E-state index is 0.272. The molecule has 1 heterocycles. The maximum Gasteiger partial charge on any atom is 0.282 e. The number of carbonyl (C=O) groups is 2. The topological polar surface area (TPSA) is 58.6 Å². The number of imide groups is 1. The van der Waals surface area contributed by atoms with Crippen LogP contribution in [-0.2, 0) is 9.59 Å². The van der Waals surface area contributed by atoms with Gasteiger partial charge in [0.25, 0.3) is 11.8 Å². The van der Waals surface area contributed by atoms with Crippen molar-refractivity contribution in [2.75, 3.05) is 17.3 Å². The minimum atomic E-state index is -0.367. The van der Waals surface area contributed by atoms with E-state index >= 15 is 0 Å². The Labute approximate surface area is 188 Å². The van der Waals surface area contributed by atoms with Gasteiger partial charge in [-0.3, -0.25) is 9.59 Å². The average Bonchev–Trinajstić information content (AvgIpc) is 3.01. The van der Waals surface area contributed by atoms with E-state index in [1.54, 1.807) is 31.4 Å². The normalized spacial score (nSPS) is 13.7. The Kier molecular flexibility index (Phi) is 5.57. The summed E-state index contributed by atoms with van der Waals surface area (Å²) in [6.45, 7) is 7.91. The molecule has 2 amide bonds. The van der Waals surface area contributed by atoms with E-state index in [0.29, 0.717) is 22.6 Å². The lowest BCUT2D eigenvalue weighted by Crippen LogP contribution is -2.33. The number of anilines is 2. The predicted octanol–water partition coefficient (Wildman–Crippen LogP) is 5.33. The van der Waals surface area contributed by atoms with Crippen LogP contribution in [0.4, 0.5) is 11.4 Å². The van der Waals surface area contributed by atoms with Gasteiger partial charge in [0.1, 0.15) is 11.4 Å². The Morgan fingerprint density at radius 3 is 2.19 bits per heavy atom. The number of rotatable bonds is 5. The highest BCUT2D eigenvalue weighted by Gasteiger charge is 2.41. The van der Waals surface area contributed by atoms with Gasteiger partial charge in [0.15, 0.2) is 0 Å². The van der Waals surface area contributed by atoms with Gasteiger partial charge in [-0.1, -0.05) is 42.0 Å². The zero-order chi connectivity index (χ0) is 23.0. The Morgan fingerprint density at radius 2 is 1.53 bits per heavy atom. The summed E-state index contributed by atoms with van der Waals surface area (Å²) in [6.07, 6.45) is 0. The third kappa shape index (κ3) is 3.66. The van der Waals surface area contributed by atoms with Crippen LogP contribution in [0.3, 0.4) is 0 Å². The maximum absolute atomic E-state index is 13.6. The lowest BCUT2D eigenvalue weighted by molar-refractivity contribution is -0.120. The second-order valence-electron chi connectivity index (χ2n) is 8.09. The summed E-state index contributed by atoms with van der Waals surface area (Å²) in [5, 5.41) is 3.27. The molecule has 4 rings (SSSR count). The van der Waals surface area contributed by atoms with Crippen LogP contribution >= 0.6 is 0 Å². The molecule has 3 aromatic rings. The minimum Gasteiger partial charge on any atom is -0.497 e. The summed E-state index contributed by atoms with van der Waals surface area (Å²) in [6, 6.07) is 18.7. The van der Waals surface area contributed by atoms with Crippen molar-refractivity contribution < 1.29 is 14.3 Å². The quantitative estimate of drug-likeness (QED) is 0.561. The van der Waals surface area contributed by atoms with Crippen LogP contribution in [0.25, 0.3) is 5.57 Å². The van der Waals surface area contributed by atoms with Crippen LogP contribution < -0.4 is 15.0 Å². The molecular weight excluding hydrogens is 400 g/mol. The fourth-order valence-corrected chi connectivity index (χ4v) is 3.97. The van der Waals surface area contributed by atoms with Gasteiger partial charge in [-0.25, -0.2) is 4.90 Å². The Balaban J connectivity index is 1.86. The van der Waals surface area contributed by atoms with Gasteiger partial charge in [0.05, 0.1) is 18.4 Å². The van der Waals surface area contributed by atoms with E-state index in [1.807, 2.05) is 64.1 Å². The van der Waals surface area contributed by atoms with Crippen molar-refractivity contribution in [2.24, 2.45) is 0 Å². The largest absolute Gasteiger partial charge is 0.497 e. The number of methoxy groups -OCH3 is 1. The summed E-state index contributed by atoms with van der Waals surface area (Å²) in [7, 11) is 1.59. The molecule has 32 heavy (non-hydrogen) atoms. The number of hydrogen-bond donors (Lipinski definition) is 1. The molecule has 0 radical (unpaired) electrons. The molecule has 1 N–H and O–H groups in total. The van der Waals surface area contributed by atoms with E-state index in [-0.39, 0.29) is 17.5 Å². The van der Waals surface area contributed by atoms with E-state index in [0.717, 1.165) is 27.9 Å². The van der Waals surface area contributed by atoms with Crippen molar-refractivity contribution in [3.05, 3.63) is 94.2 Å². The SMILES string of the molecule is COc1ccc(C2=C(Nc3cccc(C)c3C)C(=O)N(c3ccc(C)cc3C)C2=O)cc1. The van der Waals surface area contributed by atoms with E-state index in [9.17, 15) is 9.59 Å². The number of aryl methyl sites for hydroxylation is 3. The Bertz CT molecular complexity index is 1260. The summed E-state index contributed by atoms with van der Waals surface area (Å²) < 4.78 is 5.25. The van der Waals surface area contributed by atoms with Gasteiger partial charge in [-0.05, 0) is 74.2 Å². The summed E-state index contributed by atoms with van der Waals surface area (Å²) in [4.78, 5) is 28.5. The van der Waals surface area contributed by atoms with Crippen molar-refractivity contribution in [3.8, 4) is 5.75 Å². The van der Waals surface area contributed by atoms with E-state index in [1.165, 1.54) is 4.90 Å². The molecule has 0 aliphatic carbocycles. The van der Waals surface area contributed by atoms with E-state index in [4.69, 9.17) is 4.74 Å². The summed E-state index contributed by atoms with van der Waals surface area (Å²) in [5.41, 5.74) is 6.74. The number of nitrogens with one attached hydrogen (secondary N) is 1. The molecule has 0 fully saturated rings. The molecule has 0 aromatic heterocycles. The lowest BCUT2D eigenvalue weighted by atomic mass is 10.0. The summed E-state index contributed by atoms with van der Waals surface area (Å²) >= 11 is 0. The van der Waals surface area contributed by atoms with Gasteiger partial charge < -0.3 is 10.1 Å². The smallest absolute Gasteiger partial charge is 0.282 e. The van der Waals surface area contributed by atoms with Crippen LogP contribution in [-0.4, -0.2) is 18.9 Å². The molecule has 5 nitrogen and oxygen atoms in total. The second-order valence-corrected chi connectivity index (χ2v) is 8.09. The number of amides is 2. The molecule has 3 aromatic carbocycles. The molecule has 0 saturated carbocycles. The molecule has 0 spiro atoms. The van der Waals surface area contributed by atoms with Crippen LogP contribution in [0.15, 0.2) is 66.4 Å². The van der Waals surface area contributed by atoms with Crippen LogP contribution in [0.1, 0.15) is 27.8 Å². The predicted molar refractivity (Wildman–Crippen MR) is 128 cm³/mol. The maximum atomic E-state index is 13.6.